The number of para-hydroxylation sites is 1. The zero-order valence-electron chi connectivity index (χ0n) is 8.44. The summed E-state index contributed by atoms with van der Waals surface area (Å²) in [6.45, 7) is 1.24. The number of aromatic hydroxyl groups is 1. The molecule has 80 valence electrons. The van der Waals surface area contributed by atoms with Crippen molar-refractivity contribution in [3.8, 4) is 5.75 Å². The molecule has 4 nitrogen and oxygen atoms in total. The van der Waals surface area contributed by atoms with Crippen LogP contribution in [0.1, 0.15) is 18.4 Å². The number of rotatable bonds is 2. The van der Waals surface area contributed by atoms with Crippen molar-refractivity contribution >= 4 is 5.91 Å². The number of hydrogen-bond donors (Lipinski definition) is 2. The van der Waals surface area contributed by atoms with Gasteiger partial charge in [-0.05, 0) is 12.5 Å². The zero-order valence-corrected chi connectivity index (χ0v) is 8.44. The summed E-state index contributed by atoms with van der Waals surface area (Å²) in [5, 5.41) is 11.1. The Kier molecular flexibility index (Phi) is 2.87. The van der Waals surface area contributed by atoms with Crippen molar-refractivity contribution in [3.63, 3.8) is 0 Å². The maximum absolute atomic E-state index is 11.5. The van der Waals surface area contributed by atoms with Crippen LogP contribution >= 0.6 is 0 Å². The molecule has 15 heavy (non-hydrogen) atoms. The number of benzene rings is 1. The molecule has 0 aliphatic carbocycles. The first kappa shape index (κ1) is 9.98. The van der Waals surface area contributed by atoms with Crippen molar-refractivity contribution in [2.75, 3.05) is 6.54 Å². The molecule has 1 heterocycles. The second-order valence-electron chi connectivity index (χ2n) is 3.62. The number of carbonyl (C=O) groups is 1. The number of nitrogens with one attached hydrogen (secondary N) is 1. The van der Waals surface area contributed by atoms with E-state index in [9.17, 15) is 9.90 Å². The first-order valence-corrected chi connectivity index (χ1v) is 5.08. The van der Waals surface area contributed by atoms with E-state index in [1.54, 1.807) is 17.1 Å². The normalized spacial score (nSPS) is 16.8. The molecule has 0 saturated carbocycles. The predicted molar refractivity (Wildman–Crippen MR) is 55.9 cm³/mol. The Labute approximate surface area is 88.5 Å². The SMILES string of the molecule is O=C1CCCNN1Cc1ccccc1O. The van der Waals surface area contributed by atoms with E-state index in [0.717, 1.165) is 18.5 Å². The van der Waals surface area contributed by atoms with Gasteiger partial charge in [0.05, 0.1) is 6.54 Å². The van der Waals surface area contributed by atoms with Crippen molar-refractivity contribution in [3.05, 3.63) is 29.8 Å². The Balaban J connectivity index is 2.08. The monoisotopic (exact) mass is 206 g/mol. The molecule has 1 aliphatic heterocycles. The average Bonchev–Trinajstić information content (AvgIpc) is 2.24. The van der Waals surface area contributed by atoms with Gasteiger partial charge in [-0.25, -0.2) is 5.43 Å². The molecule has 1 amide bonds. The summed E-state index contributed by atoms with van der Waals surface area (Å²) in [5.74, 6) is 0.321. The third kappa shape index (κ3) is 2.27. The fourth-order valence-electron chi connectivity index (χ4n) is 1.64. The highest BCUT2D eigenvalue weighted by atomic mass is 16.3. The molecule has 0 atom stereocenters. The summed E-state index contributed by atoms with van der Waals surface area (Å²) in [6, 6.07) is 7.07. The molecule has 4 heteroatoms. The van der Waals surface area contributed by atoms with Gasteiger partial charge in [0.25, 0.3) is 0 Å². The van der Waals surface area contributed by atoms with Crippen LogP contribution in [0, 0.1) is 0 Å². The Morgan fingerprint density at radius 1 is 1.40 bits per heavy atom. The molecule has 0 aromatic heterocycles. The van der Waals surface area contributed by atoms with Crippen molar-refractivity contribution in [1.82, 2.24) is 10.4 Å². The molecule has 2 rings (SSSR count). The Morgan fingerprint density at radius 3 is 2.93 bits per heavy atom. The molecule has 1 fully saturated rings. The predicted octanol–water partition coefficient (Wildman–Crippen LogP) is 1.02. The fraction of sp³-hybridized carbons (Fsp3) is 0.364. The average molecular weight is 206 g/mol. The smallest absolute Gasteiger partial charge is 0.237 e. The molecular formula is C11H14N2O2. The Morgan fingerprint density at radius 2 is 2.20 bits per heavy atom. The maximum atomic E-state index is 11.5. The number of phenols is 1. The standard InChI is InChI=1S/C11H14N2O2/c14-10-5-2-1-4-9(10)8-13-11(15)6-3-7-12-13/h1-2,4-5,12,14H,3,6-8H2. The van der Waals surface area contributed by atoms with Gasteiger partial charge in [0, 0.05) is 18.5 Å². The summed E-state index contributed by atoms with van der Waals surface area (Å²) >= 11 is 0. The van der Waals surface area contributed by atoms with Crippen LogP contribution in [0.2, 0.25) is 0 Å². The summed E-state index contributed by atoms with van der Waals surface area (Å²) in [5.41, 5.74) is 3.78. The van der Waals surface area contributed by atoms with Crippen molar-refractivity contribution < 1.29 is 9.90 Å². The third-order valence-corrected chi connectivity index (χ3v) is 2.49. The summed E-state index contributed by atoms with van der Waals surface area (Å²) in [4.78, 5) is 11.5. The molecule has 1 aliphatic rings. The van der Waals surface area contributed by atoms with Crippen molar-refractivity contribution in [2.24, 2.45) is 0 Å². The fourth-order valence-corrected chi connectivity index (χ4v) is 1.64. The molecule has 0 bridgehead atoms. The number of hydrogen-bond acceptors (Lipinski definition) is 3. The van der Waals surface area contributed by atoms with Crippen LogP contribution in [0.4, 0.5) is 0 Å². The molecule has 1 aromatic rings. The molecular weight excluding hydrogens is 192 g/mol. The van der Waals surface area contributed by atoms with Crippen LogP contribution < -0.4 is 5.43 Å². The van der Waals surface area contributed by atoms with Gasteiger partial charge < -0.3 is 5.11 Å². The topological polar surface area (TPSA) is 52.6 Å². The first-order valence-electron chi connectivity index (χ1n) is 5.08. The van der Waals surface area contributed by atoms with E-state index < -0.39 is 0 Å². The lowest BCUT2D eigenvalue weighted by molar-refractivity contribution is -0.137. The lowest BCUT2D eigenvalue weighted by Gasteiger charge is -2.27. The highest BCUT2D eigenvalue weighted by molar-refractivity contribution is 5.76. The van der Waals surface area contributed by atoms with Crippen LogP contribution in [0.3, 0.4) is 0 Å². The van der Waals surface area contributed by atoms with Crippen molar-refractivity contribution in [2.45, 2.75) is 19.4 Å². The van der Waals surface area contributed by atoms with Crippen LogP contribution in [0.5, 0.6) is 5.75 Å². The van der Waals surface area contributed by atoms with E-state index >= 15 is 0 Å². The minimum absolute atomic E-state index is 0.0875. The van der Waals surface area contributed by atoms with E-state index in [1.165, 1.54) is 0 Å². The largest absolute Gasteiger partial charge is 0.508 e. The second-order valence-corrected chi connectivity index (χ2v) is 3.62. The maximum Gasteiger partial charge on any atom is 0.237 e. The van der Waals surface area contributed by atoms with Crippen LogP contribution in [-0.2, 0) is 11.3 Å². The number of phenolic OH excluding ortho intramolecular Hbond substituents is 1. The van der Waals surface area contributed by atoms with E-state index in [2.05, 4.69) is 5.43 Å². The van der Waals surface area contributed by atoms with Gasteiger partial charge >= 0.3 is 0 Å². The lowest BCUT2D eigenvalue weighted by Crippen LogP contribution is -2.46. The van der Waals surface area contributed by atoms with E-state index in [0.29, 0.717) is 13.0 Å². The van der Waals surface area contributed by atoms with Crippen LogP contribution in [0.15, 0.2) is 24.3 Å². The van der Waals surface area contributed by atoms with Gasteiger partial charge in [-0.3, -0.25) is 9.80 Å². The molecule has 1 aromatic carbocycles. The molecule has 0 unspecified atom stereocenters. The molecule has 0 spiro atoms. The quantitative estimate of drug-likeness (QED) is 0.759. The number of amides is 1. The summed E-state index contributed by atoms with van der Waals surface area (Å²) in [6.07, 6.45) is 1.47. The number of hydrazine groups is 1. The Hall–Kier alpha value is -1.55. The van der Waals surface area contributed by atoms with Crippen LogP contribution in [-0.4, -0.2) is 22.6 Å². The highest BCUT2D eigenvalue weighted by Crippen LogP contribution is 2.18. The van der Waals surface area contributed by atoms with E-state index in [-0.39, 0.29) is 11.7 Å². The van der Waals surface area contributed by atoms with Crippen molar-refractivity contribution in [1.29, 1.82) is 0 Å². The Bertz CT molecular complexity index is 365. The van der Waals surface area contributed by atoms with Gasteiger partial charge in [0.1, 0.15) is 5.75 Å². The summed E-state index contributed by atoms with van der Waals surface area (Å²) < 4.78 is 0. The number of nitrogens with zero attached hydrogens (tertiary/aromatic N) is 1. The van der Waals surface area contributed by atoms with Gasteiger partial charge in [-0.1, -0.05) is 18.2 Å². The highest BCUT2D eigenvalue weighted by Gasteiger charge is 2.18. The second kappa shape index (κ2) is 4.31. The first-order chi connectivity index (χ1) is 7.27. The summed E-state index contributed by atoms with van der Waals surface area (Å²) in [7, 11) is 0. The van der Waals surface area contributed by atoms with Gasteiger partial charge in [-0.2, -0.15) is 0 Å². The number of carbonyl (C=O) groups excluding carboxylic acids is 1. The van der Waals surface area contributed by atoms with Gasteiger partial charge in [-0.15, -0.1) is 0 Å². The zero-order chi connectivity index (χ0) is 10.7. The minimum Gasteiger partial charge on any atom is -0.508 e. The molecule has 0 radical (unpaired) electrons. The van der Waals surface area contributed by atoms with Gasteiger partial charge in [0.2, 0.25) is 5.91 Å². The van der Waals surface area contributed by atoms with E-state index in [1.807, 2.05) is 12.1 Å². The molecule has 1 saturated heterocycles. The third-order valence-electron chi connectivity index (χ3n) is 2.49. The minimum atomic E-state index is 0.0875. The van der Waals surface area contributed by atoms with Gasteiger partial charge in [0.15, 0.2) is 0 Å². The van der Waals surface area contributed by atoms with Crippen LogP contribution in [0.25, 0.3) is 0 Å². The molecule has 2 N–H and O–H groups in total. The lowest BCUT2D eigenvalue weighted by atomic mass is 10.2. The van der Waals surface area contributed by atoms with E-state index in [4.69, 9.17) is 0 Å².